The molecule has 2 heterocycles. The van der Waals surface area contributed by atoms with E-state index < -0.39 is 0 Å². The van der Waals surface area contributed by atoms with Crippen LogP contribution in [0.5, 0.6) is 11.5 Å². The second-order valence-electron chi connectivity index (χ2n) is 4.24. The number of aromatic hydroxyl groups is 2. The van der Waals surface area contributed by atoms with E-state index >= 15 is 0 Å². The molecular weight excluding hydrogens is 234 g/mol. The Balaban J connectivity index is 2.03. The van der Waals surface area contributed by atoms with E-state index in [1.165, 1.54) is 10.4 Å². The van der Waals surface area contributed by atoms with Gasteiger partial charge < -0.3 is 15.5 Å². The number of thiophene rings is 1. The van der Waals surface area contributed by atoms with Crippen LogP contribution in [0.4, 0.5) is 0 Å². The van der Waals surface area contributed by atoms with Crippen molar-refractivity contribution >= 4 is 11.3 Å². The standard InChI is InChI=1S/C13H13NO2S/c15-11-2-1-8(5-12(11)16)10-7-14-6-9-3-4-17-13(9)10/h1-5,10,14-16H,6-7H2. The fraction of sp³-hybridized carbons (Fsp3) is 0.231. The summed E-state index contributed by atoms with van der Waals surface area (Å²) in [6, 6.07) is 7.21. The summed E-state index contributed by atoms with van der Waals surface area (Å²) < 4.78 is 0. The molecule has 88 valence electrons. The summed E-state index contributed by atoms with van der Waals surface area (Å²) in [4.78, 5) is 1.36. The maximum atomic E-state index is 9.56. The first-order valence-electron chi connectivity index (χ1n) is 5.54. The topological polar surface area (TPSA) is 52.5 Å². The van der Waals surface area contributed by atoms with E-state index in [1.807, 2.05) is 6.07 Å². The maximum Gasteiger partial charge on any atom is 0.157 e. The first-order valence-corrected chi connectivity index (χ1v) is 6.42. The normalized spacial score (nSPS) is 18.9. The monoisotopic (exact) mass is 247 g/mol. The van der Waals surface area contributed by atoms with Crippen LogP contribution < -0.4 is 5.32 Å². The van der Waals surface area contributed by atoms with Crippen LogP contribution in [0.25, 0.3) is 0 Å². The molecule has 3 N–H and O–H groups in total. The lowest BCUT2D eigenvalue weighted by molar-refractivity contribution is 0.402. The van der Waals surface area contributed by atoms with Crippen molar-refractivity contribution in [1.82, 2.24) is 5.32 Å². The maximum absolute atomic E-state index is 9.56. The summed E-state index contributed by atoms with van der Waals surface area (Å²) in [6.07, 6.45) is 0. The highest BCUT2D eigenvalue weighted by Gasteiger charge is 2.23. The lowest BCUT2D eigenvalue weighted by Crippen LogP contribution is -2.27. The Labute approximate surface area is 103 Å². The molecule has 2 aromatic rings. The number of phenols is 2. The van der Waals surface area contributed by atoms with Crippen molar-refractivity contribution in [2.45, 2.75) is 12.5 Å². The molecule has 1 atom stereocenters. The largest absolute Gasteiger partial charge is 0.504 e. The van der Waals surface area contributed by atoms with Crippen LogP contribution in [0, 0.1) is 0 Å². The van der Waals surface area contributed by atoms with Crippen LogP contribution in [0.3, 0.4) is 0 Å². The van der Waals surface area contributed by atoms with Gasteiger partial charge >= 0.3 is 0 Å². The lowest BCUT2D eigenvalue weighted by Gasteiger charge is -2.24. The van der Waals surface area contributed by atoms with E-state index in [1.54, 1.807) is 23.5 Å². The molecule has 1 unspecified atom stereocenters. The van der Waals surface area contributed by atoms with Crippen molar-refractivity contribution in [2.24, 2.45) is 0 Å². The minimum atomic E-state index is -0.0658. The van der Waals surface area contributed by atoms with Gasteiger partial charge in [-0.3, -0.25) is 0 Å². The van der Waals surface area contributed by atoms with E-state index in [-0.39, 0.29) is 17.4 Å². The lowest BCUT2D eigenvalue weighted by atomic mass is 9.92. The zero-order valence-corrected chi connectivity index (χ0v) is 10.00. The molecule has 0 aliphatic carbocycles. The molecule has 0 amide bonds. The Bertz CT molecular complexity index is 550. The van der Waals surface area contributed by atoms with Crippen molar-refractivity contribution in [1.29, 1.82) is 0 Å². The van der Waals surface area contributed by atoms with Crippen molar-refractivity contribution in [2.75, 3.05) is 6.54 Å². The molecule has 1 aliphatic heterocycles. The van der Waals surface area contributed by atoms with E-state index in [9.17, 15) is 10.2 Å². The Morgan fingerprint density at radius 3 is 2.88 bits per heavy atom. The Morgan fingerprint density at radius 1 is 1.18 bits per heavy atom. The van der Waals surface area contributed by atoms with Gasteiger partial charge in [0.15, 0.2) is 11.5 Å². The average Bonchev–Trinajstić information content (AvgIpc) is 2.80. The molecular formula is C13H13NO2S. The van der Waals surface area contributed by atoms with Gasteiger partial charge in [-0.1, -0.05) is 6.07 Å². The molecule has 4 heteroatoms. The van der Waals surface area contributed by atoms with Crippen LogP contribution >= 0.6 is 11.3 Å². The summed E-state index contributed by atoms with van der Waals surface area (Å²) in [5.41, 5.74) is 2.37. The van der Waals surface area contributed by atoms with Crippen LogP contribution in [0.1, 0.15) is 21.9 Å². The third kappa shape index (κ3) is 1.79. The van der Waals surface area contributed by atoms with E-state index in [4.69, 9.17) is 0 Å². The van der Waals surface area contributed by atoms with Gasteiger partial charge in [-0.25, -0.2) is 0 Å². The molecule has 1 aliphatic rings. The third-order valence-electron chi connectivity index (χ3n) is 3.16. The molecule has 3 rings (SSSR count). The first-order chi connectivity index (χ1) is 8.25. The molecule has 0 spiro atoms. The molecule has 0 bridgehead atoms. The number of rotatable bonds is 1. The van der Waals surface area contributed by atoms with Gasteiger partial charge in [-0.05, 0) is 34.7 Å². The fourth-order valence-corrected chi connectivity index (χ4v) is 3.32. The van der Waals surface area contributed by atoms with Crippen molar-refractivity contribution < 1.29 is 10.2 Å². The minimum Gasteiger partial charge on any atom is -0.504 e. The van der Waals surface area contributed by atoms with Gasteiger partial charge in [0.25, 0.3) is 0 Å². The number of benzene rings is 1. The second kappa shape index (κ2) is 4.05. The smallest absolute Gasteiger partial charge is 0.157 e. The summed E-state index contributed by atoms with van der Waals surface area (Å²) in [5, 5.41) is 24.4. The SMILES string of the molecule is Oc1ccc(C2CNCc3ccsc32)cc1O. The quantitative estimate of drug-likeness (QED) is 0.678. The highest BCUT2D eigenvalue weighted by atomic mass is 32.1. The zero-order chi connectivity index (χ0) is 11.8. The summed E-state index contributed by atoms with van der Waals surface area (Å²) in [6.45, 7) is 1.79. The van der Waals surface area contributed by atoms with Crippen LogP contribution in [-0.2, 0) is 6.54 Å². The Morgan fingerprint density at radius 2 is 2.06 bits per heavy atom. The van der Waals surface area contributed by atoms with Gasteiger partial charge in [0, 0.05) is 23.9 Å². The Hall–Kier alpha value is -1.52. The summed E-state index contributed by atoms with van der Waals surface area (Å²) in [7, 11) is 0. The number of hydrogen-bond acceptors (Lipinski definition) is 4. The number of hydrogen-bond donors (Lipinski definition) is 3. The fourth-order valence-electron chi connectivity index (χ4n) is 2.27. The number of fused-ring (bicyclic) bond motifs is 1. The van der Waals surface area contributed by atoms with Crippen LogP contribution in [-0.4, -0.2) is 16.8 Å². The molecule has 0 fully saturated rings. The third-order valence-corrected chi connectivity index (χ3v) is 4.24. The molecule has 17 heavy (non-hydrogen) atoms. The average molecular weight is 247 g/mol. The highest BCUT2D eigenvalue weighted by molar-refractivity contribution is 7.10. The number of nitrogens with one attached hydrogen (secondary N) is 1. The highest BCUT2D eigenvalue weighted by Crippen LogP contribution is 2.36. The predicted octanol–water partition coefficient (Wildman–Crippen LogP) is 2.39. The zero-order valence-electron chi connectivity index (χ0n) is 9.18. The van der Waals surface area contributed by atoms with E-state index in [0.29, 0.717) is 0 Å². The molecule has 3 nitrogen and oxygen atoms in total. The molecule has 1 aromatic carbocycles. The predicted molar refractivity (Wildman–Crippen MR) is 67.6 cm³/mol. The van der Waals surface area contributed by atoms with Gasteiger partial charge in [0.1, 0.15) is 0 Å². The number of phenolic OH excluding ortho intramolecular Hbond substituents is 2. The molecule has 0 saturated carbocycles. The Kier molecular flexibility index (Phi) is 2.53. The van der Waals surface area contributed by atoms with Gasteiger partial charge in [-0.15, -0.1) is 11.3 Å². The molecule has 0 radical (unpaired) electrons. The van der Waals surface area contributed by atoms with Crippen molar-refractivity contribution in [3.8, 4) is 11.5 Å². The van der Waals surface area contributed by atoms with Crippen molar-refractivity contribution in [3.05, 3.63) is 45.6 Å². The van der Waals surface area contributed by atoms with Crippen LogP contribution in [0.2, 0.25) is 0 Å². The van der Waals surface area contributed by atoms with Gasteiger partial charge in [0.05, 0.1) is 0 Å². The van der Waals surface area contributed by atoms with E-state index in [2.05, 4.69) is 16.8 Å². The van der Waals surface area contributed by atoms with Crippen molar-refractivity contribution in [3.63, 3.8) is 0 Å². The second-order valence-corrected chi connectivity index (χ2v) is 5.19. The van der Waals surface area contributed by atoms with E-state index in [0.717, 1.165) is 18.7 Å². The minimum absolute atomic E-state index is 0.0498. The van der Waals surface area contributed by atoms with Gasteiger partial charge in [-0.2, -0.15) is 0 Å². The first kappa shape index (κ1) is 10.6. The van der Waals surface area contributed by atoms with Gasteiger partial charge in [0.2, 0.25) is 0 Å². The summed E-state index contributed by atoms with van der Waals surface area (Å²) >= 11 is 1.75. The van der Waals surface area contributed by atoms with Crippen LogP contribution in [0.15, 0.2) is 29.6 Å². The molecule has 0 saturated heterocycles. The molecule has 1 aromatic heterocycles. The summed E-state index contributed by atoms with van der Waals surface area (Å²) in [5.74, 6) is 0.153.